The minimum Gasteiger partial charge on any atom is -0.495 e. The third-order valence-electron chi connectivity index (χ3n) is 3.44. The van der Waals surface area contributed by atoms with Gasteiger partial charge < -0.3 is 4.74 Å². The molecule has 126 valence electrons. The van der Waals surface area contributed by atoms with Crippen LogP contribution in [0.2, 0.25) is 0 Å². The molecule has 0 atom stereocenters. The van der Waals surface area contributed by atoms with E-state index in [2.05, 4.69) is 15.9 Å². The standard InChI is InChI=1S/C17H17BrN2O3S/c1-13-4-7-15(8-5-13)20(11-3-10-19)24(21,22)17-12-14(18)6-9-16(17)23-2/h4-9,12H,3,11H2,1-2H3. The topological polar surface area (TPSA) is 70.4 Å². The van der Waals surface area contributed by atoms with Gasteiger partial charge in [0.2, 0.25) is 0 Å². The Labute approximate surface area is 150 Å². The zero-order chi connectivity index (χ0) is 17.7. The van der Waals surface area contributed by atoms with E-state index in [4.69, 9.17) is 10.00 Å². The van der Waals surface area contributed by atoms with E-state index in [1.165, 1.54) is 17.5 Å². The van der Waals surface area contributed by atoms with Gasteiger partial charge in [0, 0.05) is 11.0 Å². The van der Waals surface area contributed by atoms with E-state index in [1.54, 1.807) is 24.3 Å². The summed E-state index contributed by atoms with van der Waals surface area (Å²) < 4.78 is 33.4. The second kappa shape index (κ2) is 7.69. The highest BCUT2D eigenvalue weighted by atomic mass is 79.9. The van der Waals surface area contributed by atoms with E-state index < -0.39 is 10.0 Å². The number of ether oxygens (including phenoxy) is 1. The molecule has 0 unspecified atom stereocenters. The first-order chi connectivity index (χ1) is 11.4. The van der Waals surface area contributed by atoms with Crippen LogP contribution in [0.4, 0.5) is 5.69 Å². The highest BCUT2D eigenvalue weighted by Gasteiger charge is 2.28. The highest BCUT2D eigenvalue weighted by Crippen LogP contribution is 2.32. The summed E-state index contributed by atoms with van der Waals surface area (Å²) in [6.45, 7) is 1.99. The number of benzene rings is 2. The second-order valence-electron chi connectivity index (χ2n) is 5.12. The number of sulfonamides is 1. The summed E-state index contributed by atoms with van der Waals surface area (Å²) in [6.07, 6.45) is 0.0867. The molecule has 0 radical (unpaired) electrons. The van der Waals surface area contributed by atoms with Crippen molar-refractivity contribution in [2.45, 2.75) is 18.2 Å². The molecule has 0 aliphatic heterocycles. The fourth-order valence-corrected chi connectivity index (χ4v) is 4.38. The van der Waals surface area contributed by atoms with Crippen molar-refractivity contribution in [2.24, 2.45) is 0 Å². The van der Waals surface area contributed by atoms with Gasteiger partial charge in [0.15, 0.2) is 0 Å². The van der Waals surface area contributed by atoms with Gasteiger partial charge in [0.1, 0.15) is 10.6 Å². The SMILES string of the molecule is COc1ccc(Br)cc1S(=O)(=O)N(CCC#N)c1ccc(C)cc1. The summed E-state index contributed by atoms with van der Waals surface area (Å²) in [7, 11) is -2.45. The molecule has 0 amide bonds. The first kappa shape index (κ1) is 18.3. The number of anilines is 1. The van der Waals surface area contributed by atoms with Crippen LogP contribution in [0.1, 0.15) is 12.0 Å². The third-order valence-corrected chi connectivity index (χ3v) is 5.78. The van der Waals surface area contributed by atoms with Gasteiger partial charge in [-0.25, -0.2) is 8.42 Å². The highest BCUT2D eigenvalue weighted by molar-refractivity contribution is 9.10. The minimum absolute atomic E-state index is 0.0536. The zero-order valence-electron chi connectivity index (χ0n) is 13.4. The summed E-state index contributed by atoms with van der Waals surface area (Å²) in [6, 6.07) is 13.9. The Morgan fingerprint density at radius 3 is 2.46 bits per heavy atom. The summed E-state index contributed by atoms with van der Waals surface area (Å²) in [4.78, 5) is 0.0536. The summed E-state index contributed by atoms with van der Waals surface area (Å²) in [5.74, 6) is 0.257. The lowest BCUT2D eigenvalue weighted by Crippen LogP contribution is -2.32. The molecule has 2 aromatic rings. The smallest absolute Gasteiger partial charge is 0.268 e. The Morgan fingerprint density at radius 1 is 1.21 bits per heavy atom. The predicted molar refractivity (Wildman–Crippen MR) is 96.6 cm³/mol. The van der Waals surface area contributed by atoms with Crippen LogP contribution >= 0.6 is 15.9 Å². The monoisotopic (exact) mass is 408 g/mol. The predicted octanol–water partition coefficient (Wildman–Crippen LogP) is 3.88. The number of rotatable bonds is 6. The lowest BCUT2D eigenvalue weighted by molar-refractivity contribution is 0.402. The molecule has 0 bridgehead atoms. The van der Waals surface area contributed by atoms with Crippen LogP contribution in [0.15, 0.2) is 51.8 Å². The molecule has 0 aliphatic rings. The molecular formula is C17H17BrN2O3S. The molecule has 2 rings (SSSR count). The van der Waals surface area contributed by atoms with Crippen LogP contribution in [0.5, 0.6) is 5.75 Å². The lowest BCUT2D eigenvalue weighted by atomic mass is 10.2. The number of hydrogen-bond donors (Lipinski definition) is 0. The van der Waals surface area contributed by atoms with E-state index in [9.17, 15) is 8.42 Å². The van der Waals surface area contributed by atoms with Crippen molar-refractivity contribution in [3.05, 3.63) is 52.5 Å². The fourth-order valence-electron chi connectivity index (χ4n) is 2.22. The van der Waals surface area contributed by atoms with Crippen LogP contribution in [0, 0.1) is 18.3 Å². The molecule has 24 heavy (non-hydrogen) atoms. The van der Waals surface area contributed by atoms with Crippen molar-refractivity contribution >= 4 is 31.6 Å². The van der Waals surface area contributed by atoms with Crippen LogP contribution in [-0.2, 0) is 10.0 Å². The van der Waals surface area contributed by atoms with Crippen molar-refractivity contribution in [1.29, 1.82) is 5.26 Å². The van der Waals surface area contributed by atoms with Crippen molar-refractivity contribution in [3.63, 3.8) is 0 Å². The number of halogens is 1. The summed E-state index contributed by atoms with van der Waals surface area (Å²) in [5.41, 5.74) is 1.54. The number of methoxy groups -OCH3 is 1. The van der Waals surface area contributed by atoms with E-state index in [0.29, 0.717) is 10.2 Å². The molecule has 0 spiro atoms. The molecule has 0 saturated heterocycles. The molecular weight excluding hydrogens is 392 g/mol. The Morgan fingerprint density at radius 2 is 1.88 bits per heavy atom. The van der Waals surface area contributed by atoms with Crippen LogP contribution in [-0.4, -0.2) is 22.1 Å². The molecule has 0 fully saturated rings. The molecule has 0 N–H and O–H groups in total. The molecule has 5 nitrogen and oxygen atoms in total. The molecule has 0 heterocycles. The van der Waals surface area contributed by atoms with Gasteiger partial charge in [-0.1, -0.05) is 33.6 Å². The van der Waals surface area contributed by atoms with Crippen LogP contribution < -0.4 is 9.04 Å². The maximum Gasteiger partial charge on any atom is 0.268 e. The maximum absolute atomic E-state index is 13.2. The van der Waals surface area contributed by atoms with Crippen molar-refractivity contribution in [2.75, 3.05) is 18.0 Å². The molecule has 0 saturated carbocycles. The average molecular weight is 409 g/mol. The van der Waals surface area contributed by atoms with E-state index in [-0.39, 0.29) is 23.6 Å². The van der Waals surface area contributed by atoms with Crippen molar-refractivity contribution in [1.82, 2.24) is 0 Å². The number of aryl methyl sites for hydroxylation is 1. The van der Waals surface area contributed by atoms with Gasteiger partial charge in [-0.2, -0.15) is 5.26 Å². The van der Waals surface area contributed by atoms with E-state index in [0.717, 1.165) is 5.56 Å². The summed E-state index contributed by atoms with van der Waals surface area (Å²) >= 11 is 3.29. The van der Waals surface area contributed by atoms with Crippen molar-refractivity contribution < 1.29 is 13.2 Å². The average Bonchev–Trinajstić information content (AvgIpc) is 2.56. The molecule has 7 heteroatoms. The second-order valence-corrected chi connectivity index (χ2v) is 7.86. The van der Waals surface area contributed by atoms with Gasteiger partial charge in [-0.15, -0.1) is 0 Å². The lowest BCUT2D eigenvalue weighted by Gasteiger charge is -2.24. The van der Waals surface area contributed by atoms with Crippen molar-refractivity contribution in [3.8, 4) is 11.8 Å². The Bertz CT molecular complexity index is 858. The maximum atomic E-state index is 13.2. The van der Waals surface area contributed by atoms with Gasteiger partial charge >= 0.3 is 0 Å². The molecule has 0 aromatic heterocycles. The number of nitrogens with zero attached hydrogens (tertiary/aromatic N) is 2. The summed E-state index contributed by atoms with van der Waals surface area (Å²) in [5, 5.41) is 8.88. The zero-order valence-corrected chi connectivity index (χ0v) is 15.8. The number of hydrogen-bond acceptors (Lipinski definition) is 4. The Balaban J connectivity index is 2.58. The first-order valence-corrected chi connectivity index (χ1v) is 9.43. The minimum atomic E-state index is -3.88. The quantitative estimate of drug-likeness (QED) is 0.726. The van der Waals surface area contributed by atoms with Gasteiger partial charge in [0.05, 0.1) is 25.3 Å². The molecule has 0 aliphatic carbocycles. The van der Waals surface area contributed by atoms with Gasteiger partial charge in [-0.3, -0.25) is 4.31 Å². The number of nitriles is 1. The van der Waals surface area contributed by atoms with E-state index >= 15 is 0 Å². The van der Waals surface area contributed by atoms with Gasteiger partial charge in [0.25, 0.3) is 10.0 Å². The fraction of sp³-hybridized carbons (Fsp3) is 0.235. The first-order valence-electron chi connectivity index (χ1n) is 7.20. The van der Waals surface area contributed by atoms with Crippen LogP contribution in [0.3, 0.4) is 0 Å². The third kappa shape index (κ3) is 3.89. The normalized spacial score (nSPS) is 10.9. The Kier molecular flexibility index (Phi) is 5.86. The van der Waals surface area contributed by atoms with Crippen LogP contribution in [0.25, 0.3) is 0 Å². The van der Waals surface area contributed by atoms with Gasteiger partial charge in [-0.05, 0) is 37.3 Å². The largest absolute Gasteiger partial charge is 0.495 e. The Hall–Kier alpha value is -2.04. The molecule has 2 aromatic carbocycles. The van der Waals surface area contributed by atoms with E-state index in [1.807, 2.05) is 25.1 Å².